The molecule has 5 heteroatoms. The molecule has 1 atom stereocenters. The Kier molecular flexibility index (Phi) is 3.29. The van der Waals surface area contributed by atoms with Gasteiger partial charge in [0.25, 0.3) is 5.91 Å². The molecule has 2 rings (SSSR count). The highest BCUT2D eigenvalue weighted by molar-refractivity contribution is 6.00. The SMILES string of the molecule is Cc1c(C(=O)N[C@H](C)C(=O)O)oc2c(C)cccc12. The van der Waals surface area contributed by atoms with E-state index in [0.717, 1.165) is 10.9 Å². The van der Waals surface area contributed by atoms with Crippen molar-refractivity contribution in [2.75, 3.05) is 0 Å². The summed E-state index contributed by atoms with van der Waals surface area (Å²) in [5.74, 6) is -1.43. The van der Waals surface area contributed by atoms with Gasteiger partial charge in [0.1, 0.15) is 11.6 Å². The largest absolute Gasteiger partial charge is 0.480 e. The molecule has 0 bridgehead atoms. The number of aliphatic carboxylic acids is 1. The normalized spacial score (nSPS) is 12.4. The molecule has 1 amide bonds. The first-order chi connectivity index (χ1) is 8.91. The summed E-state index contributed by atoms with van der Waals surface area (Å²) in [7, 11) is 0. The van der Waals surface area contributed by atoms with Gasteiger partial charge in [-0.05, 0) is 26.3 Å². The Labute approximate surface area is 110 Å². The van der Waals surface area contributed by atoms with Gasteiger partial charge in [-0.25, -0.2) is 0 Å². The van der Waals surface area contributed by atoms with Crippen LogP contribution in [-0.4, -0.2) is 23.0 Å². The van der Waals surface area contributed by atoms with Gasteiger partial charge in [-0.1, -0.05) is 18.2 Å². The molecular formula is C14H15NO4. The first-order valence-corrected chi connectivity index (χ1v) is 5.94. The maximum atomic E-state index is 12.0. The average molecular weight is 261 g/mol. The van der Waals surface area contributed by atoms with E-state index in [1.54, 1.807) is 6.92 Å². The molecule has 0 fully saturated rings. The Balaban J connectivity index is 2.41. The molecular weight excluding hydrogens is 246 g/mol. The molecule has 2 N–H and O–H groups in total. The standard InChI is InChI=1S/C14H15NO4/c1-7-5-4-6-10-8(2)12(19-11(7)10)13(16)15-9(3)14(17)18/h4-6,9H,1-3H3,(H,15,16)(H,17,18)/t9-/m1/s1. The number of furan rings is 1. The molecule has 5 nitrogen and oxygen atoms in total. The Bertz CT molecular complexity index is 657. The maximum Gasteiger partial charge on any atom is 0.325 e. The Morgan fingerprint density at radius 2 is 2.00 bits per heavy atom. The van der Waals surface area contributed by atoms with Crippen molar-refractivity contribution in [3.8, 4) is 0 Å². The molecule has 19 heavy (non-hydrogen) atoms. The molecule has 0 aliphatic heterocycles. The maximum absolute atomic E-state index is 12.0. The molecule has 0 radical (unpaired) electrons. The third-order valence-corrected chi connectivity index (χ3v) is 3.08. The number of carbonyl (C=O) groups excluding carboxylic acids is 1. The first-order valence-electron chi connectivity index (χ1n) is 5.94. The van der Waals surface area contributed by atoms with Crippen LogP contribution in [0.3, 0.4) is 0 Å². The lowest BCUT2D eigenvalue weighted by atomic mass is 10.1. The predicted octanol–water partition coefficient (Wildman–Crippen LogP) is 2.25. The average Bonchev–Trinajstić information content (AvgIpc) is 2.68. The highest BCUT2D eigenvalue weighted by Gasteiger charge is 2.21. The molecule has 1 aromatic heterocycles. The fourth-order valence-electron chi connectivity index (χ4n) is 1.92. The van der Waals surface area contributed by atoms with Gasteiger partial charge < -0.3 is 14.8 Å². The number of hydrogen-bond donors (Lipinski definition) is 2. The minimum Gasteiger partial charge on any atom is -0.480 e. The Morgan fingerprint density at radius 3 is 2.58 bits per heavy atom. The number of hydrogen-bond acceptors (Lipinski definition) is 3. The number of para-hydroxylation sites is 1. The minimum atomic E-state index is -1.08. The van der Waals surface area contributed by atoms with Gasteiger partial charge >= 0.3 is 5.97 Å². The van der Waals surface area contributed by atoms with E-state index in [2.05, 4.69) is 5.32 Å². The third kappa shape index (κ3) is 2.31. The molecule has 0 spiro atoms. The van der Waals surface area contributed by atoms with Crippen LogP contribution in [0, 0.1) is 13.8 Å². The Morgan fingerprint density at radius 1 is 1.32 bits per heavy atom. The number of benzene rings is 1. The topological polar surface area (TPSA) is 79.5 Å². The van der Waals surface area contributed by atoms with E-state index in [1.807, 2.05) is 25.1 Å². The van der Waals surface area contributed by atoms with Crippen molar-refractivity contribution < 1.29 is 19.1 Å². The predicted molar refractivity (Wildman–Crippen MR) is 70.3 cm³/mol. The number of rotatable bonds is 3. The van der Waals surface area contributed by atoms with Crippen molar-refractivity contribution in [3.05, 3.63) is 35.1 Å². The van der Waals surface area contributed by atoms with Crippen molar-refractivity contribution in [2.45, 2.75) is 26.8 Å². The molecule has 0 saturated heterocycles. The van der Waals surface area contributed by atoms with Gasteiger partial charge in [-0.3, -0.25) is 9.59 Å². The number of fused-ring (bicyclic) bond motifs is 1. The number of carbonyl (C=O) groups is 2. The zero-order chi connectivity index (χ0) is 14.2. The van der Waals surface area contributed by atoms with Crippen LogP contribution in [0.25, 0.3) is 11.0 Å². The van der Waals surface area contributed by atoms with Crippen LogP contribution in [-0.2, 0) is 4.79 Å². The van der Waals surface area contributed by atoms with Crippen LogP contribution in [0.1, 0.15) is 28.6 Å². The van der Waals surface area contributed by atoms with Crippen LogP contribution >= 0.6 is 0 Å². The van der Waals surface area contributed by atoms with Crippen LogP contribution in [0.15, 0.2) is 22.6 Å². The second kappa shape index (κ2) is 4.76. The molecule has 1 aromatic carbocycles. The van der Waals surface area contributed by atoms with Gasteiger partial charge in [0.2, 0.25) is 0 Å². The molecule has 2 aromatic rings. The molecule has 1 heterocycles. The van der Waals surface area contributed by atoms with Crippen LogP contribution in [0.2, 0.25) is 0 Å². The number of aryl methyl sites for hydroxylation is 2. The molecule has 0 unspecified atom stereocenters. The zero-order valence-electron chi connectivity index (χ0n) is 11.0. The van der Waals surface area contributed by atoms with E-state index in [0.29, 0.717) is 11.1 Å². The summed E-state index contributed by atoms with van der Waals surface area (Å²) in [6, 6.07) is 4.70. The summed E-state index contributed by atoms with van der Waals surface area (Å²) < 4.78 is 5.57. The third-order valence-electron chi connectivity index (χ3n) is 3.08. The number of nitrogens with one attached hydrogen (secondary N) is 1. The summed E-state index contributed by atoms with van der Waals surface area (Å²) in [4.78, 5) is 22.7. The Hall–Kier alpha value is -2.30. The van der Waals surface area contributed by atoms with Gasteiger partial charge in [-0.2, -0.15) is 0 Å². The number of amides is 1. The minimum absolute atomic E-state index is 0.164. The number of carboxylic acids is 1. The summed E-state index contributed by atoms with van der Waals surface area (Å²) in [6.45, 7) is 5.09. The summed E-state index contributed by atoms with van der Waals surface area (Å²) in [5.41, 5.74) is 2.31. The fourth-order valence-corrected chi connectivity index (χ4v) is 1.92. The van der Waals surface area contributed by atoms with E-state index in [4.69, 9.17) is 9.52 Å². The van der Waals surface area contributed by atoms with Crippen molar-refractivity contribution in [3.63, 3.8) is 0 Å². The summed E-state index contributed by atoms with van der Waals surface area (Å²) in [5, 5.41) is 12.0. The fraction of sp³-hybridized carbons (Fsp3) is 0.286. The monoisotopic (exact) mass is 261 g/mol. The number of carboxylic acid groups (broad SMARTS) is 1. The highest BCUT2D eigenvalue weighted by Crippen LogP contribution is 2.27. The smallest absolute Gasteiger partial charge is 0.325 e. The first kappa shape index (κ1) is 13.1. The lowest BCUT2D eigenvalue weighted by molar-refractivity contribution is -0.138. The van der Waals surface area contributed by atoms with E-state index in [1.165, 1.54) is 6.92 Å². The van der Waals surface area contributed by atoms with Crippen molar-refractivity contribution in [1.82, 2.24) is 5.32 Å². The van der Waals surface area contributed by atoms with Gasteiger partial charge in [0, 0.05) is 10.9 Å². The van der Waals surface area contributed by atoms with Gasteiger partial charge in [0.15, 0.2) is 5.76 Å². The van der Waals surface area contributed by atoms with Crippen molar-refractivity contribution >= 4 is 22.8 Å². The molecule has 0 aliphatic carbocycles. The second-order valence-corrected chi connectivity index (χ2v) is 4.54. The van der Waals surface area contributed by atoms with Crippen LogP contribution < -0.4 is 5.32 Å². The van der Waals surface area contributed by atoms with Gasteiger partial charge in [-0.15, -0.1) is 0 Å². The lowest BCUT2D eigenvalue weighted by Crippen LogP contribution is -2.38. The summed E-state index contributed by atoms with van der Waals surface area (Å²) in [6.07, 6.45) is 0. The lowest BCUT2D eigenvalue weighted by Gasteiger charge is -2.07. The highest BCUT2D eigenvalue weighted by atomic mass is 16.4. The van der Waals surface area contributed by atoms with Gasteiger partial charge in [0.05, 0.1) is 0 Å². The van der Waals surface area contributed by atoms with E-state index < -0.39 is 17.9 Å². The van der Waals surface area contributed by atoms with E-state index >= 15 is 0 Å². The second-order valence-electron chi connectivity index (χ2n) is 4.54. The van der Waals surface area contributed by atoms with Crippen LogP contribution in [0.5, 0.6) is 0 Å². The van der Waals surface area contributed by atoms with Crippen molar-refractivity contribution in [2.24, 2.45) is 0 Å². The molecule has 0 saturated carbocycles. The van der Waals surface area contributed by atoms with E-state index in [9.17, 15) is 9.59 Å². The zero-order valence-corrected chi connectivity index (χ0v) is 11.0. The quantitative estimate of drug-likeness (QED) is 0.888. The molecule has 0 aliphatic rings. The summed E-state index contributed by atoms with van der Waals surface area (Å²) >= 11 is 0. The van der Waals surface area contributed by atoms with Crippen molar-refractivity contribution in [1.29, 1.82) is 0 Å². The van der Waals surface area contributed by atoms with E-state index in [-0.39, 0.29) is 5.76 Å². The molecule has 100 valence electrons. The van der Waals surface area contributed by atoms with Crippen LogP contribution in [0.4, 0.5) is 0 Å².